The Hall–Kier alpha value is -3.15. The lowest BCUT2D eigenvalue weighted by Gasteiger charge is -2.13. The highest BCUT2D eigenvalue weighted by Gasteiger charge is 2.15. The number of ether oxygens (including phenoxy) is 2. The minimum Gasteiger partial charge on any atom is -0.493 e. The molecule has 1 atom stereocenters. The summed E-state index contributed by atoms with van der Waals surface area (Å²) in [4.78, 5) is 31.2. The maximum Gasteiger partial charge on any atom is 0.309 e. The van der Waals surface area contributed by atoms with Crippen molar-refractivity contribution in [3.05, 3.63) is 70.3 Å². The van der Waals surface area contributed by atoms with Crippen LogP contribution in [0.25, 0.3) is 10.9 Å². The first-order valence-electron chi connectivity index (χ1n) is 8.41. The van der Waals surface area contributed by atoms with E-state index in [0.717, 1.165) is 11.3 Å². The molecule has 1 N–H and O–H groups in total. The first-order valence-corrected chi connectivity index (χ1v) is 8.41. The number of aromatic amines is 1. The summed E-state index contributed by atoms with van der Waals surface area (Å²) in [7, 11) is 0. The van der Waals surface area contributed by atoms with E-state index in [2.05, 4.69) is 9.97 Å². The predicted octanol–water partition coefficient (Wildman–Crippen LogP) is 3.30. The molecule has 1 aromatic heterocycles. The second-order valence-corrected chi connectivity index (χ2v) is 5.96. The minimum absolute atomic E-state index is 0.108. The molecule has 26 heavy (non-hydrogen) atoms. The van der Waals surface area contributed by atoms with Crippen molar-refractivity contribution in [2.24, 2.45) is 0 Å². The summed E-state index contributed by atoms with van der Waals surface area (Å²) >= 11 is 0. The number of nitrogens with one attached hydrogen (secondary N) is 1. The molecule has 3 rings (SSSR count). The molecule has 134 valence electrons. The number of hydrogen-bond acceptors (Lipinski definition) is 5. The lowest BCUT2D eigenvalue weighted by molar-refractivity contribution is -0.149. The van der Waals surface area contributed by atoms with Crippen LogP contribution in [0.15, 0.2) is 53.3 Å². The molecule has 0 amide bonds. The molecule has 0 bridgehead atoms. The highest BCUT2D eigenvalue weighted by molar-refractivity contribution is 5.77. The van der Waals surface area contributed by atoms with Crippen molar-refractivity contribution in [3.8, 4) is 5.75 Å². The SMILES string of the molecule is Cc1ccccc1OCCC(=O)O[C@@H](C)c1nc2ccccc2c(=O)[nH]1. The fraction of sp³-hybridized carbons (Fsp3) is 0.250. The van der Waals surface area contributed by atoms with Gasteiger partial charge in [0, 0.05) is 0 Å². The largest absolute Gasteiger partial charge is 0.493 e. The normalized spacial score (nSPS) is 11.9. The third-order valence-corrected chi connectivity index (χ3v) is 3.98. The molecule has 0 radical (unpaired) electrons. The van der Waals surface area contributed by atoms with Gasteiger partial charge >= 0.3 is 5.97 Å². The van der Waals surface area contributed by atoms with Gasteiger partial charge < -0.3 is 14.5 Å². The van der Waals surface area contributed by atoms with Crippen LogP contribution >= 0.6 is 0 Å². The average molecular weight is 352 g/mol. The Morgan fingerprint density at radius 1 is 1.15 bits per heavy atom. The van der Waals surface area contributed by atoms with Gasteiger partial charge in [-0.05, 0) is 37.6 Å². The number of rotatable bonds is 6. The van der Waals surface area contributed by atoms with E-state index >= 15 is 0 Å². The fourth-order valence-electron chi connectivity index (χ4n) is 2.57. The van der Waals surface area contributed by atoms with Gasteiger partial charge in [0.25, 0.3) is 5.56 Å². The number of aromatic nitrogens is 2. The number of carbonyl (C=O) groups is 1. The Kier molecular flexibility index (Phi) is 5.31. The molecule has 1 heterocycles. The van der Waals surface area contributed by atoms with Crippen molar-refractivity contribution >= 4 is 16.9 Å². The first-order chi connectivity index (χ1) is 12.5. The topological polar surface area (TPSA) is 81.3 Å². The smallest absolute Gasteiger partial charge is 0.309 e. The van der Waals surface area contributed by atoms with Crippen molar-refractivity contribution < 1.29 is 14.3 Å². The molecule has 2 aromatic carbocycles. The second kappa shape index (κ2) is 7.82. The number of aryl methyl sites for hydroxylation is 1. The van der Waals surface area contributed by atoms with E-state index in [1.807, 2.05) is 31.2 Å². The molecule has 3 aromatic rings. The average Bonchev–Trinajstić information content (AvgIpc) is 2.63. The van der Waals surface area contributed by atoms with Crippen molar-refractivity contribution in [1.29, 1.82) is 0 Å². The van der Waals surface area contributed by atoms with Crippen LogP contribution in [0.4, 0.5) is 0 Å². The Labute approximate surface area is 150 Å². The molecule has 0 saturated carbocycles. The van der Waals surface area contributed by atoms with E-state index in [1.165, 1.54) is 0 Å². The van der Waals surface area contributed by atoms with Crippen LogP contribution in [-0.2, 0) is 9.53 Å². The van der Waals surface area contributed by atoms with Gasteiger partial charge in [0.05, 0.1) is 23.9 Å². The van der Waals surface area contributed by atoms with Gasteiger partial charge in [-0.25, -0.2) is 4.98 Å². The summed E-state index contributed by atoms with van der Waals surface area (Å²) in [5.74, 6) is 0.651. The van der Waals surface area contributed by atoms with Gasteiger partial charge in [-0.15, -0.1) is 0 Å². The molecule has 6 nitrogen and oxygen atoms in total. The highest BCUT2D eigenvalue weighted by atomic mass is 16.5. The summed E-state index contributed by atoms with van der Waals surface area (Å²) in [6.45, 7) is 3.84. The molecule has 0 unspecified atom stereocenters. The second-order valence-electron chi connectivity index (χ2n) is 5.96. The van der Waals surface area contributed by atoms with Crippen LogP contribution in [0.3, 0.4) is 0 Å². The summed E-state index contributed by atoms with van der Waals surface area (Å²) in [5, 5.41) is 0.501. The lowest BCUT2D eigenvalue weighted by atomic mass is 10.2. The number of fused-ring (bicyclic) bond motifs is 1. The van der Waals surface area contributed by atoms with Gasteiger partial charge in [-0.3, -0.25) is 9.59 Å². The number of esters is 1. The molecular formula is C20H20N2O4. The number of para-hydroxylation sites is 2. The number of nitrogens with zero attached hydrogens (tertiary/aromatic N) is 1. The van der Waals surface area contributed by atoms with Gasteiger partial charge in [0.1, 0.15) is 5.75 Å². The molecule has 0 spiro atoms. The molecule has 0 fully saturated rings. The third kappa shape index (κ3) is 4.08. The fourth-order valence-corrected chi connectivity index (χ4v) is 2.57. The van der Waals surface area contributed by atoms with Gasteiger partial charge in [0.2, 0.25) is 0 Å². The van der Waals surface area contributed by atoms with Crippen molar-refractivity contribution in [1.82, 2.24) is 9.97 Å². The Morgan fingerprint density at radius 3 is 2.69 bits per heavy atom. The van der Waals surface area contributed by atoms with E-state index in [1.54, 1.807) is 31.2 Å². The quantitative estimate of drug-likeness (QED) is 0.688. The van der Waals surface area contributed by atoms with E-state index in [4.69, 9.17) is 9.47 Å². The van der Waals surface area contributed by atoms with E-state index in [0.29, 0.717) is 16.7 Å². The van der Waals surface area contributed by atoms with Gasteiger partial charge in [-0.1, -0.05) is 30.3 Å². The molecule has 0 aliphatic heterocycles. The van der Waals surface area contributed by atoms with Crippen molar-refractivity contribution in [3.63, 3.8) is 0 Å². The standard InChI is InChI=1S/C20H20N2O4/c1-13-7-3-6-10-17(13)25-12-11-18(23)26-14(2)19-21-16-9-5-4-8-15(16)20(24)22-19/h3-10,14H,11-12H2,1-2H3,(H,21,22,24)/t14-/m0/s1. The van der Waals surface area contributed by atoms with Crippen molar-refractivity contribution in [2.45, 2.75) is 26.4 Å². The van der Waals surface area contributed by atoms with Crippen LogP contribution in [-0.4, -0.2) is 22.5 Å². The van der Waals surface area contributed by atoms with E-state index < -0.39 is 12.1 Å². The molecule has 0 saturated heterocycles. The van der Waals surface area contributed by atoms with Crippen LogP contribution in [0.1, 0.15) is 30.8 Å². The molecule has 0 aliphatic carbocycles. The summed E-state index contributed by atoms with van der Waals surface area (Å²) < 4.78 is 11.0. The van der Waals surface area contributed by atoms with Gasteiger partial charge in [0.15, 0.2) is 11.9 Å². The van der Waals surface area contributed by atoms with Gasteiger partial charge in [-0.2, -0.15) is 0 Å². The molecular weight excluding hydrogens is 332 g/mol. The Balaban J connectivity index is 1.59. The summed E-state index contributed by atoms with van der Waals surface area (Å²) in [5.41, 5.74) is 1.32. The Bertz CT molecular complexity index is 981. The van der Waals surface area contributed by atoms with Crippen LogP contribution < -0.4 is 10.3 Å². The maximum absolute atomic E-state index is 12.1. The monoisotopic (exact) mass is 352 g/mol. The number of benzene rings is 2. The number of carbonyl (C=O) groups excluding carboxylic acids is 1. The van der Waals surface area contributed by atoms with Crippen molar-refractivity contribution in [2.75, 3.05) is 6.61 Å². The maximum atomic E-state index is 12.1. The van der Waals surface area contributed by atoms with Crippen LogP contribution in [0.2, 0.25) is 0 Å². The Morgan fingerprint density at radius 2 is 1.88 bits per heavy atom. The number of hydrogen-bond donors (Lipinski definition) is 1. The third-order valence-electron chi connectivity index (χ3n) is 3.98. The molecule has 6 heteroatoms. The van der Waals surface area contributed by atoms with E-state index in [9.17, 15) is 9.59 Å². The minimum atomic E-state index is -0.654. The summed E-state index contributed by atoms with van der Waals surface area (Å²) in [6.07, 6.45) is -0.547. The first kappa shape index (κ1) is 17.7. The highest BCUT2D eigenvalue weighted by Crippen LogP contribution is 2.17. The lowest BCUT2D eigenvalue weighted by Crippen LogP contribution is -2.18. The predicted molar refractivity (Wildman–Crippen MR) is 98.2 cm³/mol. The zero-order valence-corrected chi connectivity index (χ0v) is 14.7. The zero-order valence-electron chi connectivity index (χ0n) is 14.7. The van der Waals surface area contributed by atoms with Crippen LogP contribution in [0.5, 0.6) is 5.75 Å². The zero-order chi connectivity index (χ0) is 18.5. The number of H-pyrrole nitrogens is 1. The van der Waals surface area contributed by atoms with E-state index in [-0.39, 0.29) is 18.6 Å². The van der Waals surface area contributed by atoms with Crippen LogP contribution in [0, 0.1) is 6.92 Å². The molecule has 0 aliphatic rings. The summed E-state index contributed by atoms with van der Waals surface area (Å²) in [6, 6.07) is 14.6.